The second-order valence-corrected chi connectivity index (χ2v) is 5.21. The summed E-state index contributed by atoms with van der Waals surface area (Å²) >= 11 is 0. The molecular formula is C15H18N2O3. The number of anilines is 1. The number of carbonyl (C=O) groups is 1. The molecule has 0 amide bonds. The molecule has 1 atom stereocenters. The number of phenols is 1. The molecule has 2 aromatic rings. The number of aryl methyl sites for hydroxylation is 1. The standard InChI is InChI=1S/C15H18N2O3/c1-4-8-6-16-9-5-10(18)14-13(12(8)9)11(7(2)17-14)15(19)20-3/h5,8,16-18H,4,6H2,1-3H3. The Morgan fingerprint density at radius 2 is 2.30 bits per heavy atom. The zero-order chi connectivity index (χ0) is 14.4. The van der Waals surface area contributed by atoms with Crippen LogP contribution in [0.1, 0.15) is 40.9 Å². The number of benzene rings is 1. The minimum Gasteiger partial charge on any atom is -0.506 e. The summed E-state index contributed by atoms with van der Waals surface area (Å²) in [7, 11) is 1.37. The zero-order valence-electron chi connectivity index (χ0n) is 11.8. The number of aromatic amines is 1. The van der Waals surface area contributed by atoms with Gasteiger partial charge < -0.3 is 20.1 Å². The number of ether oxygens (including phenoxy) is 1. The molecule has 3 rings (SSSR count). The molecule has 1 aromatic carbocycles. The number of hydrogen-bond donors (Lipinski definition) is 3. The van der Waals surface area contributed by atoms with Crippen LogP contribution < -0.4 is 5.32 Å². The molecule has 1 aliphatic rings. The van der Waals surface area contributed by atoms with Gasteiger partial charge in [0.05, 0.1) is 18.2 Å². The first kappa shape index (κ1) is 12.8. The number of rotatable bonds is 2. The molecule has 0 aliphatic carbocycles. The molecule has 1 aliphatic heterocycles. The Balaban J connectivity index is 2.41. The molecule has 5 nitrogen and oxygen atoms in total. The molecule has 1 aromatic heterocycles. The van der Waals surface area contributed by atoms with Crippen LogP contribution in [0.5, 0.6) is 5.75 Å². The van der Waals surface area contributed by atoms with Crippen molar-refractivity contribution >= 4 is 22.6 Å². The van der Waals surface area contributed by atoms with Crippen molar-refractivity contribution in [3.8, 4) is 5.75 Å². The van der Waals surface area contributed by atoms with E-state index in [0.29, 0.717) is 17.0 Å². The summed E-state index contributed by atoms with van der Waals surface area (Å²) in [6.07, 6.45) is 0.977. The van der Waals surface area contributed by atoms with E-state index in [1.165, 1.54) is 7.11 Å². The molecule has 0 saturated carbocycles. The van der Waals surface area contributed by atoms with Crippen LogP contribution >= 0.6 is 0 Å². The van der Waals surface area contributed by atoms with Gasteiger partial charge in [-0.3, -0.25) is 0 Å². The van der Waals surface area contributed by atoms with E-state index in [1.807, 2.05) is 6.92 Å². The van der Waals surface area contributed by atoms with Gasteiger partial charge in [-0.1, -0.05) is 6.92 Å². The summed E-state index contributed by atoms with van der Waals surface area (Å²) in [6, 6.07) is 1.73. The van der Waals surface area contributed by atoms with Gasteiger partial charge in [-0.15, -0.1) is 0 Å². The molecule has 0 spiro atoms. The van der Waals surface area contributed by atoms with E-state index in [2.05, 4.69) is 17.2 Å². The highest BCUT2D eigenvalue weighted by atomic mass is 16.5. The van der Waals surface area contributed by atoms with Crippen LogP contribution in [0, 0.1) is 6.92 Å². The summed E-state index contributed by atoms with van der Waals surface area (Å²) in [6.45, 7) is 4.77. The molecule has 20 heavy (non-hydrogen) atoms. The van der Waals surface area contributed by atoms with Crippen molar-refractivity contribution in [2.75, 3.05) is 19.0 Å². The van der Waals surface area contributed by atoms with E-state index in [0.717, 1.165) is 35.3 Å². The third-order valence-electron chi connectivity index (χ3n) is 4.11. The fourth-order valence-electron chi connectivity index (χ4n) is 3.12. The summed E-state index contributed by atoms with van der Waals surface area (Å²) in [5, 5.41) is 14.3. The summed E-state index contributed by atoms with van der Waals surface area (Å²) in [5.41, 5.74) is 3.87. The Hall–Kier alpha value is -2.17. The van der Waals surface area contributed by atoms with Crippen molar-refractivity contribution in [1.29, 1.82) is 0 Å². The maximum Gasteiger partial charge on any atom is 0.340 e. The number of esters is 1. The summed E-state index contributed by atoms with van der Waals surface area (Å²) < 4.78 is 4.89. The lowest BCUT2D eigenvalue weighted by Crippen LogP contribution is -2.04. The number of methoxy groups -OCH3 is 1. The molecule has 5 heteroatoms. The number of H-pyrrole nitrogens is 1. The SMILES string of the molecule is CCC1CNc2cc(O)c3[nH]c(C)c(C(=O)OC)c3c21. The number of phenolic OH excluding ortho intramolecular Hbond substituents is 1. The predicted octanol–water partition coefficient (Wildman–Crippen LogP) is 2.89. The van der Waals surface area contributed by atoms with Gasteiger partial charge in [-0.25, -0.2) is 4.79 Å². The van der Waals surface area contributed by atoms with Crippen molar-refractivity contribution in [2.24, 2.45) is 0 Å². The van der Waals surface area contributed by atoms with E-state index in [9.17, 15) is 9.90 Å². The first-order chi connectivity index (χ1) is 9.58. The molecule has 2 heterocycles. The average molecular weight is 274 g/mol. The molecule has 3 N–H and O–H groups in total. The predicted molar refractivity (Wildman–Crippen MR) is 77.6 cm³/mol. The minimum absolute atomic E-state index is 0.154. The highest BCUT2D eigenvalue weighted by molar-refractivity contribution is 6.10. The molecule has 0 radical (unpaired) electrons. The van der Waals surface area contributed by atoms with E-state index in [1.54, 1.807) is 6.07 Å². The van der Waals surface area contributed by atoms with E-state index in [4.69, 9.17) is 4.74 Å². The number of carbonyl (C=O) groups excluding carboxylic acids is 1. The van der Waals surface area contributed by atoms with Gasteiger partial charge in [0, 0.05) is 35.3 Å². The topological polar surface area (TPSA) is 74.4 Å². The summed E-state index contributed by atoms with van der Waals surface area (Å²) in [4.78, 5) is 15.2. The van der Waals surface area contributed by atoms with Crippen LogP contribution in [0.3, 0.4) is 0 Å². The molecule has 106 valence electrons. The van der Waals surface area contributed by atoms with Crippen LogP contribution in [0.2, 0.25) is 0 Å². The Kier molecular flexibility index (Phi) is 2.85. The van der Waals surface area contributed by atoms with Crippen LogP contribution in [0.4, 0.5) is 5.69 Å². The number of aromatic hydroxyl groups is 1. The van der Waals surface area contributed by atoms with E-state index in [-0.39, 0.29) is 11.7 Å². The van der Waals surface area contributed by atoms with Crippen molar-refractivity contribution < 1.29 is 14.6 Å². The maximum absolute atomic E-state index is 12.1. The number of hydrogen-bond acceptors (Lipinski definition) is 4. The van der Waals surface area contributed by atoms with Gasteiger partial charge in [-0.2, -0.15) is 0 Å². The first-order valence-corrected chi connectivity index (χ1v) is 6.78. The van der Waals surface area contributed by atoms with Crippen molar-refractivity contribution in [3.05, 3.63) is 22.9 Å². The molecule has 0 fully saturated rings. The molecular weight excluding hydrogens is 256 g/mol. The second-order valence-electron chi connectivity index (χ2n) is 5.21. The monoisotopic (exact) mass is 274 g/mol. The largest absolute Gasteiger partial charge is 0.506 e. The van der Waals surface area contributed by atoms with Crippen LogP contribution in [-0.4, -0.2) is 29.7 Å². The van der Waals surface area contributed by atoms with Gasteiger partial charge in [0.25, 0.3) is 0 Å². The Labute approximate surface area is 116 Å². The quantitative estimate of drug-likeness (QED) is 0.736. The van der Waals surface area contributed by atoms with Gasteiger partial charge in [0.2, 0.25) is 0 Å². The van der Waals surface area contributed by atoms with E-state index >= 15 is 0 Å². The lowest BCUT2D eigenvalue weighted by molar-refractivity contribution is 0.0602. The lowest BCUT2D eigenvalue weighted by Gasteiger charge is -2.10. The van der Waals surface area contributed by atoms with Gasteiger partial charge in [0.1, 0.15) is 5.75 Å². The number of nitrogens with one attached hydrogen (secondary N) is 2. The van der Waals surface area contributed by atoms with Gasteiger partial charge in [0.15, 0.2) is 0 Å². The third-order valence-corrected chi connectivity index (χ3v) is 4.11. The number of aromatic nitrogens is 1. The zero-order valence-corrected chi connectivity index (χ0v) is 11.8. The maximum atomic E-state index is 12.1. The Morgan fingerprint density at radius 3 is 2.95 bits per heavy atom. The van der Waals surface area contributed by atoms with E-state index < -0.39 is 0 Å². The van der Waals surface area contributed by atoms with Crippen LogP contribution in [0.15, 0.2) is 6.07 Å². The normalized spacial score (nSPS) is 17.1. The fourth-order valence-corrected chi connectivity index (χ4v) is 3.12. The summed E-state index contributed by atoms with van der Waals surface area (Å²) in [5.74, 6) is 0.122. The Bertz CT molecular complexity index is 703. The molecule has 1 unspecified atom stereocenters. The molecule has 0 saturated heterocycles. The van der Waals surface area contributed by atoms with Gasteiger partial charge in [-0.05, 0) is 18.9 Å². The smallest absolute Gasteiger partial charge is 0.340 e. The van der Waals surface area contributed by atoms with Crippen LogP contribution in [-0.2, 0) is 4.74 Å². The minimum atomic E-state index is -0.372. The van der Waals surface area contributed by atoms with Gasteiger partial charge >= 0.3 is 5.97 Å². The second kappa shape index (κ2) is 4.44. The number of fused-ring (bicyclic) bond motifs is 3. The van der Waals surface area contributed by atoms with Crippen molar-refractivity contribution in [2.45, 2.75) is 26.2 Å². The van der Waals surface area contributed by atoms with Crippen molar-refractivity contribution in [1.82, 2.24) is 4.98 Å². The highest BCUT2D eigenvalue weighted by Crippen LogP contribution is 2.44. The highest BCUT2D eigenvalue weighted by Gasteiger charge is 2.30. The van der Waals surface area contributed by atoms with Crippen molar-refractivity contribution in [3.63, 3.8) is 0 Å². The van der Waals surface area contributed by atoms with Crippen LogP contribution in [0.25, 0.3) is 10.9 Å². The Morgan fingerprint density at radius 1 is 1.55 bits per heavy atom. The molecule has 0 bridgehead atoms. The average Bonchev–Trinajstić information content (AvgIpc) is 2.98. The first-order valence-electron chi connectivity index (χ1n) is 6.78. The third kappa shape index (κ3) is 1.59. The fraction of sp³-hybridized carbons (Fsp3) is 0.400. The lowest BCUT2D eigenvalue weighted by atomic mass is 9.93.